The van der Waals surface area contributed by atoms with Crippen LogP contribution in [0.2, 0.25) is 0 Å². The minimum Gasteiger partial charge on any atom is -0.486 e. The molecule has 4 nitrogen and oxygen atoms in total. The lowest BCUT2D eigenvalue weighted by Crippen LogP contribution is -2.35. The normalized spacial score (nSPS) is 32.6. The molecular weight excluding hydrogens is 362 g/mol. The molecule has 0 saturated heterocycles. The second-order valence-electron chi connectivity index (χ2n) is 9.59. The number of hydrogen-bond acceptors (Lipinski definition) is 4. The molecule has 0 amide bonds. The Hall–Kier alpha value is -2.36. The first-order chi connectivity index (χ1) is 14.2. The molecule has 4 aliphatic rings. The summed E-state index contributed by atoms with van der Waals surface area (Å²) in [5.41, 5.74) is 1.75. The van der Waals surface area contributed by atoms with Crippen molar-refractivity contribution in [3.8, 4) is 11.5 Å². The number of carbonyl (C=O) groups is 1. The monoisotopic (exact) mass is 389 g/mol. The molecule has 0 N–H and O–H groups in total. The van der Waals surface area contributed by atoms with Crippen LogP contribution >= 0.6 is 0 Å². The average molecular weight is 389 g/mol. The predicted octanol–water partition coefficient (Wildman–Crippen LogP) is 5.19. The summed E-state index contributed by atoms with van der Waals surface area (Å²) in [6.07, 6.45) is 14.3. The molecule has 1 aromatic heterocycles. The summed E-state index contributed by atoms with van der Waals surface area (Å²) in [7, 11) is 0. The van der Waals surface area contributed by atoms with Gasteiger partial charge in [0, 0.05) is 23.1 Å². The van der Waals surface area contributed by atoms with Gasteiger partial charge in [0.2, 0.25) is 0 Å². The number of rotatable bonds is 3. The van der Waals surface area contributed by atoms with Crippen LogP contribution in [0.15, 0.2) is 30.5 Å². The second-order valence-corrected chi connectivity index (χ2v) is 9.59. The SMILES string of the molecule is O=C(/C=C/c1cnc2cc3c(cc2c1)OCCO3)C12CCCC3CC(CC3C1)C2. The smallest absolute Gasteiger partial charge is 0.163 e. The zero-order chi connectivity index (χ0) is 19.4. The van der Waals surface area contributed by atoms with E-state index < -0.39 is 0 Å². The molecule has 2 aromatic rings. The fourth-order valence-electron chi connectivity index (χ4n) is 6.60. The molecule has 3 saturated carbocycles. The van der Waals surface area contributed by atoms with E-state index in [1.807, 2.05) is 30.5 Å². The number of nitrogens with zero attached hydrogens (tertiary/aromatic N) is 1. The van der Waals surface area contributed by atoms with E-state index in [0.717, 1.165) is 65.0 Å². The van der Waals surface area contributed by atoms with E-state index >= 15 is 0 Å². The quantitative estimate of drug-likeness (QED) is 0.678. The maximum Gasteiger partial charge on any atom is 0.163 e. The fraction of sp³-hybridized carbons (Fsp3) is 0.520. The molecule has 2 heterocycles. The number of ether oxygens (including phenoxy) is 2. The average Bonchev–Trinajstić information content (AvgIpc) is 2.95. The molecule has 6 rings (SSSR count). The molecule has 0 spiro atoms. The van der Waals surface area contributed by atoms with Crippen molar-refractivity contribution in [1.29, 1.82) is 0 Å². The summed E-state index contributed by atoms with van der Waals surface area (Å²) in [5, 5.41) is 1.01. The number of allylic oxidation sites excluding steroid dienone is 1. The van der Waals surface area contributed by atoms with Crippen molar-refractivity contribution < 1.29 is 14.3 Å². The Balaban J connectivity index is 1.27. The minimum atomic E-state index is -0.0934. The van der Waals surface area contributed by atoms with E-state index in [9.17, 15) is 4.79 Å². The molecule has 1 aromatic carbocycles. The van der Waals surface area contributed by atoms with Crippen molar-refractivity contribution in [2.24, 2.45) is 23.2 Å². The van der Waals surface area contributed by atoms with Gasteiger partial charge in [0.1, 0.15) is 13.2 Å². The van der Waals surface area contributed by atoms with Crippen LogP contribution in [0.25, 0.3) is 17.0 Å². The lowest BCUT2D eigenvalue weighted by atomic mass is 9.65. The Morgan fingerprint density at radius 3 is 2.79 bits per heavy atom. The van der Waals surface area contributed by atoms with Crippen LogP contribution in [0.4, 0.5) is 0 Å². The third-order valence-electron chi connectivity index (χ3n) is 7.82. The van der Waals surface area contributed by atoms with Crippen LogP contribution in [0.5, 0.6) is 11.5 Å². The van der Waals surface area contributed by atoms with Gasteiger partial charge in [0.25, 0.3) is 0 Å². The number of aromatic nitrogens is 1. The van der Waals surface area contributed by atoms with Gasteiger partial charge in [-0.2, -0.15) is 0 Å². The summed E-state index contributed by atoms with van der Waals surface area (Å²) in [5.74, 6) is 4.34. The Bertz CT molecular complexity index is 1010. The Morgan fingerprint density at radius 1 is 1.07 bits per heavy atom. The van der Waals surface area contributed by atoms with Crippen LogP contribution in [-0.4, -0.2) is 24.0 Å². The van der Waals surface area contributed by atoms with Gasteiger partial charge in [-0.15, -0.1) is 0 Å². The van der Waals surface area contributed by atoms with Gasteiger partial charge in [-0.05, 0) is 79.7 Å². The van der Waals surface area contributed by atoms with Crippen LogP contribution in [-0.2, 0) is 4.79 Å². The van der Waals surface area contributed by atoms with Crippen LogP contribution in [0.3, 0.4) is 0 Å². The number of hydrogen-bond donors (Lipinski definition) is 0. The van der Waals surface area contributed by atoms with Crippen LogP contribution in [0, 0.1) is 23.2 Å². The molecule has 3 aliphatic carbocycles. The van der Waals surface area contributed by atoms with E-state index in [2.05, 4.69) is 11.1 Å². The standard InChI is InChI=1S/C25H27NO3/c27-24(25-5-1-2-18-9-17(13-25)10-20(18)14-25)4-3-16-8-19-11-22-23(29-7-6-28-22)12-21(19)26-15-16/h3-4,8,11-12,15,17-18,20H,1-2,5-7,9-10,13-14H2/b4-3+. The van der Waals surface area contributed by atoms with E-state index in [0.29, 0.717) is 19.0 Å². The molecular formula is C25H27NO3. The number of pyridine rings is 1. The highest BCUT2D eigenvalue weighted by Crippen LogP contribution is 2.59. The van der Waals surface area contributed by atoms with E-state index in [4.69, 9.17) is 9.47 Å². The lowest BCUT2D eigenvalue weighted by molar-refractivity contribution is -0.127. The number of carbonyl (C=O) groups excluding carboxylic acids is 1. The van der Waals surface area contributed by atoms with Gasteiger partial charge < -0.3 is 9.47 Å². The van der Waals surface area contributed by atoms with Gasteiger partial charge in [-0.3, -0.25) is 9.78 Å². The maximum absolute atomic E-state index is 13.3. The molecule has 4 atom stereocenters. The van der Waals surface area contributed by atoms with Crippen molar-refractivity contribution in [1.82, 2.24) is 4.98 Å². The topological polar surface area (TPSA) is 48.4 Å². The zero-order valence-electron chi connectivity index (χ0n) is 16.7. The number of benzene rings is 1. The molecule has 0 radical (unpaired) electrons. The van der Waals surface area contributed by atoms with E-state index in [1.54, 1.807) is 0 Å². The van der Waals surface area contributed by atoms with E-state index in [-0.39, 0.29) is 5.41 Å². The minimum absolute atomic E-state index is 0.0934. The third-order valence-corrected chi connectivity index (χ3v) is 7.82. The Labute approximate surface area is 171 Å². The predicted molar refractivity (Wildman–Crippen MR) is 112 cm³/mol. The first-order valence-electron chi connectivity index (χ1n) is 11.1. The zero-order valence-corrected chi connectivity index (χ0v) is 16.7. The van der Waals surface area contributed by atoms with Gasteiger partial charge in [-0.25, -0.2) is 0 Å². The first-order valence-corrected chi connectivity index (χ1v) is 11.1. The Morgan fingerprint density at radius 2 is 1.90 bits per heavy atom. The molecule has 3 bridgehead atoms. The number of fused-ring (bicyclic) bond motifs is 4. The largest absolute Gasteiger partial charge is 0.486 e. The molecule has 1 aliphatic heterocycles. The molecule has 3 fully saturated rings. The summed E-state index contributed by atoms with van der Waals surface area (Å²) in [6.45, 7) is 1.15. The van der Waals surface area contributed by atoms with Crippen molar-refractivity contribution in [3.05, 3.63) is 36.0 Å². The summed E-state index contributed by atoms with van der Waals surface area (Å²) in [6, 6.07) is 6.00. The summed E-state index contributed by atoms with van der Waals surface area (Å²) >= 11 is 0. The molecule has 4 heteroatoms. The van der Waals surface area contributed by atoms with Gasteiger partial charge >= 0.3 is 0 Å². The van der Waals surface area contributed by atoms with Crippen molar-refractivity contribution in [2.75, 3.05) is 13.2 Å². The van der Waals surface area contributed by atoms with Crippen molar-refractivity contribution >= 4 is 22.8 Å². The van der Waals surface area contributed by atoms with Crippen molar-refractivity contribution in [3.63, 3.8) is 0 Å². The summed E-state index contributed by atoms with van der Waals surface area (Å²) < 4.78 is 11.3. The highest BCUT2D eigenvalue weighted by Gasteiger charge is 2.52. The lowest BCUT2D eigenvalue weighted by Gasteiger charge is -2.38. The van der Waals surface area contributed by atoms with E-state index in [1.165, 1.54) is 25.7 Å². The highest BCUT2D eigenvalue weighted by atomic mass is 16.6. The fourth-order valence-corrected chi connectivity index (χ4v) is 6.60. The summed E-state index contributed by atoms with van der Waals surface area (Å²) in [4.78, 5) is 17.9. The highest BCUT2D eigenvalue weighted by molar-refractivity contribution is 5.98. The number of ketones is 1. The van der Waals surface area contributed by atoms with Crippen molar-refractivity contribution in [2.45, 2.75) is 44.9 Å². The molecule has 4 unspecified atom stereocenters. The molecule has 29 heavy (non-hydrogen) atoms. The second kappa shape index (κ2) is 6.58. The van der Waals surface area contributed by atoms with Crippen LogP contribution in [0.1, 0.15) is 50.5 Å². The first kappa shape index (κ1) is 17.5. The Kier molecular flexibility index (Phi) is 3.97. The van der Waals surface area contributed by atoms with Gasteiger partial charge in [-0.1, -0.05) is 12.8 Å². The maximum atomic E-state index is 13.3. The van der Waals surface area contributed by atoms with Gasteiger partial charge in [0.05, 0.1) is 5.52 Å². The molecule has 150 valence electrons. The van der Waals surface area contributed by atoms with Gasteiger partial charge in [0.15, 0.2) is 17.3 Å². The van der Waals surface area contributed by atoms with Crippen LogP contribution < -0.4 is 9.47 Å². The third kappa shape index (κ3) is 2.95.